The van der Waals surface area contributed by atoms with Gasteiger partial charge in [0.2, 0.25) is 0 Å². The summed E-state index contributed by atoms with van der Waals surface area (Å²) < 4.78 is 0. The quantitative estimate of drug-likeness (QED) is 0.854. The van der Waals surface area contributed by atoms with Gasteiger partial charge in [0.1, 0.15) is 0 Å². The fraction of sp³-hybridized carbons (Fsp3) is 0.250. The first-order valence-electron chi connectivity index (χ1n) is 8.48. The van der Waals surface area contributed by atoms with E-state index >= 15 is 0 Å². The molecule has 1 aliphatic heterocycles. The molecule has 0 saturated heterocycles. The number of imide groups is 1. The van der Waals surface area contributed by atoms with Crippen LogP contribution >= 0.6 is 0 Å². The van der Waals surface area contributed by atoms with Crippen molar-refractivity contribution in [1.29, 1.82) is 0 Å². The molecule has 1 heterocycles. The zero-order chi connectivity index (χ0) is 17.4. The SMILES string of the molecule is O=C(NC1CC1)c1ccc2c(c1)C(=O)N(CCc1ccccc1)C2=O. The van der Waals surface area contributed by atoms with Crippen molar-refractivity contribution < 1.29 is 14.4 Å². The number of rotatable bonds is 5. The van der Waals surface area contributed by atoms with Crippen LogP contribution in [0.4, 0.5) is 0 Å². The lowest BCUT2D eigenvalue weighted by molar-refractivity contribution is 0.0656. The highest BCUT2D eigenvalue weighted by Gasteiger charge is 2.36. The van der Waals surface area contributed by atoms with E-state index in [-0.39, 0.29) is 23.8 Å². The summed E-state index contributed by atoms with van der Waals surface area (Å²) in [7, 11) is 0. The number of nitrogens with one attached hydrogen (secondary N) is 1. The summed E-state index contributed by atoms with van der Waals surface area (Å²) in [5.74, 6) is -0.796. The van der Waals surface area contributed by atoms with Gasteiger partial charge in [-0.3, -0.25) is 19.3 Å². The smallest absolute Gasteiger partial charge is 0.261 e. The maximum absolute atomic E-state index is 12.6. The van der Waals surface area contributed by atoms with Crippen LogP contribution in [0.15, 0.2) is 48.5 Å². The maximum atomic E-state index is 12.6. The third-order valence-corrected chi connectivity index (χ3v) is 4.61. The predicted octanol–water partition coefficient (Wildman–Crippen LogP) is 2.42. The van der Waals surface area contributed by atoms with Crippen molar-refractivity contribution in [2.75, 3.05) is 6.54 Å². The lowest BCUT2D eigenvalue weighted by atomic mass is 10.1. The molecule has 2 aliphatic rings. The standard InChI is InChI=1S/C20H18N2O3/c23-18(21-15-7-8-15)14-6-9-16-17(12-14)20(25)22(19(16)24)11-10-13-4-2-1-3-5-13/h1-6,9,12,15H,7-8,10-11H2,(H,21,23). The third-order valence-electron chi connectivity index (χ3n) is 4.61. The van der Waals surface area contributed by atoms with E-state index < -0.39 is 0 Å². The molecule has 5 nitrogen and oxygen atoms in total. The molecule has 126 valence electrons. The number of hydrogen-bond acceptors (Lipinski definition) is 3. The first-order chi connectivity index (χ1) is 12.1. The monoisotopic (exact) mass is 334 g/mol. The first kappa shape index (κ1) is 15.6. The van der Waals surface area contributed by atoms with Gasteiger partial charge in [-0.1, -0.05) is 30.3 Å². The number of amides is 3. The number of benzene rings is 2. The third kappa shape index (κ3) is 3.05. The molecule has 1 aliphatic carbocycles. The summed E-state index contributed by atoms with van der Waals surface area (Å²) in [4.78, 5) is 38.5. The van der Waals surface area contributed by atoms with Gasteiger partial charge in [-0.25, -0.2) is 0 Å². The second-order valence-corrected chi connectivity index (χ2v) is 6.51. The summed E-state index contributed by atoms with van der Waals surface area (Å²) in [5.41, 5.74) is 2.20. The molecule has 0 aromatic heterocycles. The Hall–Kier alpha value is -2.95. The summed E-state index contributed by atoms with van der Waals surface area (Å²) in [6.45, 7) is 0.333. The van der Waals surface area contributed by atoms with Crippen LogP contribution in [0.2, 0.25) is 0 Å². The van der Waals surface area contributed by atoms with Crippen LogP contribution in [-0.2, 0) is 6.42 Å². The van der Waals surface area contributed by atoms with Gasteiger partial charge in [0.15, 0.2) is 0 Å². The Morgan fingerprint density at radius 2 is 1.72 bits per heavy atom. The molecular weight excluding hydrogens is 316 g/mol. The van der Waals surface area contributed by atoms with Crippen LogP contribution in [-0.4, -0.2) is 35.2 Å². The number of fused-ring (bicyclic) bond motifs is 1. The molecule has 0 radical (unpaired) electrons. The molecule has 3 amide bonds. The van der Waals surface area contributed by atoms with Gasteiger partial charge in [-0.15, -0.1) is 0 Å². The van der Waals surface area contributed by atoms with Gasteiger partial charge in [0.05, 0.1) is 11.1 Å². The van der Waals surface area contributed by atoms with Crippen molar-refractivity contribution >= 4 is 17.7 Å². The Morgan fingerprint density at radius 3 is 2.44 bits per heavy atom. The van der Waals surface area contributed by atoms with E-state index in [9.17, 15) is 14.4 Å². The molecule has 25 heavy (non-hydrogen) atoms. The summed E-state index contributed by atoms with van der Waals surface area (Å²) in [6, 6.07) is 14.7. The van der Waals surface area contributed by atoms with Gasteiger partial charge in [0.25, 0.3) is 17.7 Å². The second-order valence-electron chi connectivity index (χ2n) is 6.51. The van der Waals surface area contributed by atoms with Crippen molar-refractivity contribution in [3.63, 3.8) is 0 Å². The van der Waals surface area contributed by atoms with Crippen molar-refractivity contribution in [1.82, 2.24) is 10.2 Å². The number of carbonyl (C=O) groups excluding carboxylic acids is 3. The van der Waals surface area contributed by atoms with Crippen LogP contribution < -0.4 is 5.32 Å². The second kappa shape index (κ2) is 6.16. The molecule has 4 rings (SSSR count). The van der Waals surface area contributed by atoms with Crippen molar-refractivity contribution in [2.45, 2.75) is 25.3 Å². The molecule has 1 fully saturated rings. The summed E-state index contributed by atoms with van der Waals surface area (Å²) in [6.07, 6.45) is 2.62. The van der Waals surface area contributed by atoms with E-state index in [2.05, 4.69) is 5.32 Å². The molecule has 0 unspecified atom stereocenters. The Balaban J connectivity index is 1.51. The Kier molecular flexibility index (Phi) is 3.84. The van der Waals surface area contributed by atoms with Crippen LogP contribution in [0.25, 0.3) is 0 Å². The zero-order valence-corrected chi connectivity index (χ0v) is 13.7. The van der Waals surface area contributed by atoms with Crippen molar-refractivity contribution in [2.24, 2.45) is 0 Å². The minimum absolute atomic E-state index is 0.187. The molecule has 0 bridgehead atoms. The van der Waals surface area contributed by atoms with E-state index in [4.69, 9.17) is 0 Å². The minimum atomic E-state index is -0.322. The molecule has 0 spiro atoms. The van der Waals surface area contributed by atoms with E-state index in [0.29, 0.717) is 29.7 Å². The average Bonchev–Trinajstić information content (AvgIpc) is 3.42. The molecular formula is C20H18N2O3. The predicted molar refractivity (Wildman–Crippen MR) is 92.4 cm³/mol. The highest BCUT2D eigenvalue weighted by Crippen LogP contribution is 2.25. The molecule has 0 atom stereocenters. The highest BCUT2D eigenvalue weighted by atomic mass is 16.2. The zero-order valence-electron chi connectivity index (χ0n) is 13.7. The van der Waals surface area contributed by atoms with E-state index in [0.717, 1.165) is 18.4 Å². The number of carbonyl (C=O) groups is 3. The lowest BCUT2D eigenvalue weighted by Crippen LogP contribution is -2.31. The lowest BCUT2D eigenvalue weighted by Gasteiger charge is -2.13. The van der Waals surface area contributed by atoms with Crippen LogP contribution in [0.5, 0.6) is 0 Å². The Labute approximate surface area is 145 Å². The first-order valence-corrected chi connectivity index (χ1v) is 8.48. The van der Waals surface area contributed by atoms with Gasteiger partial charge in [-0.2, -0.15) is 0 Å². The van der Waals surface area contributed by atoms with Gasteiger partial charge in [0, 0.05) is 18.2 Å². The van der Waals surface area contributed by atoms with Gasteiger partial charge in [-0.05, 0) is 43.0 Å². The fourth-order valence-electron chi connectivity index (χ4n) is 3.02. The Bertz CT molecular complexity index is 856. The van der Waals surface area contributed by atoms with Crippen LogP contribution in [0.3, 0.4) is 0 Å². The van der Waals surface area contributed by atoms with Crippen molar-refractivity contribution in [3.05, 3.63) is 70.8 Å². The van der Waals surface area contributed by atoms with E-state index in [1.165, 1.54) is 11.0 Å². The maximum Gasteiger partial charge on any atom is 0.261 e. The van der Waals surface area contributed by atoms with Gasteiger partial charge >= 0.3 is 0 Å². The van der Waals surface area contributed by atoms with Crippen molar-refractivity contribution in [3.8, 4) is 0 Å². The largest absolute Gasteiger partial charge is 0.349 e. The molecule has 2 aromatic rings. The molecule has 2 aromatic carbocycles. The molecule has 1 N–H and O–H groups in total. The van der Waals surface area contributed by atoms with Gasteiger partial charge < -0.3 is 5.32 Å². The summed E-state index contributed by atoms with van der Waals surface area (Å²) in [5, 5.41) is 2.90. The van der Waals surface area contributed by atoms with E-state index in [1.54, 1.807) is 12.1 Å². The normalized spacial score (nSPS) is 16.1. The average molecular weight is 334 g/mol. The molecule has 5 heteroatoms. The minimum Gasteiger partial charge on any atom is -0.349 e. The van der Waals surface area contributed by atoms with E-state index in [1.807, 2.05) is 30.3 Å². The number of nitrogens with zero attached hydrogens (tertiary/aromatic N) is 1. The summed E-state index contributed by atoms with van der Waals surface area (Å²) >= 11 is 0. The molecule has 1 saturated carbocycles. The topological polar surface area (TPSA) is 66.5 Å². The fourth-order valence-corrected chi connectivity index (χ4v) is 3.02. The van der Waals surface area contributed by atoms with Crippen LogP contribution in [0, 0.1) is 0 Å². The Morgan fingerprint density at radius 1 is 1.00 bits per heavy atom. The van der Waals surface area contributed by atoms with Crippen LogP contribution in [0.1, 0.15) is 49.5 Å². The number of hydrogen-bond donors (Lipinski definition) is 1. The highest BCUT2D eigenvalue weighted by molar-refractivity contribution is 6.22.